The Morgan fingerprint density at radius 1 is 1.17 bits per heavy atom. The predicted octanol–water partition coefficient (Wildman–Crippen LogP) is 3.41. The number of pyridine rings is 1. The largest absolute Gasteiger partial charge is 0.502 e. The van der Waals surface area contributed by atoms with E-state index < -0.39 is 17.2 Å². The Kier molecular flexibility index (Phi) is 5.48. The number of piperidine rings is 1. The Bertz CT molecular complexity index is 1150. The smallest absolute Gasteiger partial charge is 0.293 e. The summed E-state index contributed by atoms with van der Waals surface area (Å²) >= 11 is 0. The zero-order valence-electron chi connectivity index (χ0n) is 17.4. The molecule has 2 N–H and O–H groups in total. The van der Waals surface area contributed by atoms with Crippen LogP contribution in [0.3, 0.4) is 0 Å². The van der Waals surface area contributed by atoms with Gasteiger partial charge in [-0.2, -0.15) is 0 Å². The van der Waals surface area contributed by atoms with Crippen LogP contribution in [-0.4, -0.2) is 28.7 Å². The van der Waals surface area contributed by atoms with Crippen molar-refractivity contribution >= 4 is 22.5 Å². The SMILES string of the molecule is CC1CCCN(c2ccccc2CNC(=O)c2c(O)c(=O)n(C)c3ccccc23)C1. The molecule has 0 spiro atoms. The molecule has 1 amide bonds. The van der Waals surface area contributed by atoms with Gasteiger partial charge in [0.2, 0.25) is 0 Å². The standard InChI is InChI=1S/C24H27N3O3/c1-16-8-7-13-27(15-16)19-11-5-3-9-17(19)14-25-23(29)21-18-10-4-6-12-20(18)26(2)24(30)22(21)28/h3-6,9-12,16,28H,7-8,13-15H2,1-2H3,(H,25,29). The molecule has 30 heavy (non-hydrogen) atoms. The van der Waals surface area contributed by atoms with Gasteiger partial charge in [-0.05, 0) is 36.5 Å². The van der Waals surface area contributed by atoms with E-state index in [0.717, 1.165) is 30.8 Å². The van der Waals surface area contributed by atoms with Crippen LogP contribution in [0.5, 0.6) is 5.75 Å². The molecule has 2 heterocycles. The molecule has 4 rings (SSSR count). The van der Waals surface area contributed by atoms with E-state index in [2.05, 4.69) is 23.2 Å². The van der Waals surface area contributed by atoms with Crippen molar-refractivity contribution in [2.24, 2.45) is 13.0 Å². The molecule has 1 atom stereocenters. The highest BCUT2D eigenvalue weighted by Crippen LogP contribution is 2.27. The van der Waals surface area contributed by atoms with Gasteiger partial charge < -0.3 is 19.9 Å². The minimum atomic E-state index is -0.582. The molecule has 0 aliphatic carbocycles. The summed E-state index contributed by atoms with van der Waals surface area (Å²) < 4.78 is 1.36. The number of aromatic hydroxyl groups is 1. The molecule has 6 heteroatoms. The van der Waals surface area contributed by atoms with Crippen molar-refractivity contribution in [1.29, 1.82) is 0 Å². The molecule has 0 bridgehead atoms. The lowest BCUT2D eigenvalue weighted by molar-refractivity contribution is 0.0949. The summed E-state index contributed by atoms with van der Waals surface area (Å²) in [5.41, 5.74) is 2.20. The number of rotatable bonds is 4. The van der Waals surface area contributed by atoms with E-state index in [0.29, 0.717) is 23.4 Å². The first-order chi connectivity index (χ1) is 14.5. The van der Waals surface area contributed by atoms with Crippen molar-refractivity contribution in [1.82, 2.24) is 9.88 Å². The highest BCUT2D eigenvalue weighted by atomic mass is 16.3. The van der Waals surface area contributed by atoms with Crippen molar-refractivity contribution in [2.45, 2.75) is 26.3 Å². The average Bonchev–Trinajstić information content (AvgIpc) is 2.76. The molecule has 156 valence electrons. The zero-order valence-corrected chi connectivity index (χ0v) is 17.4. The lowest BCUT2D eigenvalue weighted by Gasteiger charge is -2.34. The number of aryl methyl sites for hydroxylation is 1. The minimum absolute atomic E-state index is 0.0257. The quantitative estimate of drug-likeness (QED) is 0.698. The number of anilines is 1. The Morgan fingerprint density at radius 2 is 1.90 bits per heavy atom. The second-order valence-corrected chi connectivity index (χ2v) is 8.11. The maximum Gasteiger partial charge on any atom is 0.293 e. The number of fused-ring (bicyclic) bond motifs is 1. The van der Waals surface area contributed by atoms with Crippen molar-refractivity contribution in [3.05, 3.63) is 70.0 Å². The summed E-state index contributed by atoms with van der Waals surface area (Å²) in [5.74, 6) is -0.333. The summed E-state index contributed by atoms with van der Waals surface area (Å²) in [6.45, 7) is 4.60. The second-order valence-electron chi connectivity index (χ2n) is 8.11. The predicted molar refractivity (Wildman–Crippen MR) is 119 cm³/mol. The van der Waals surface area contributed by atoms with E-state index in [1.807, 2.05) is 18.2 Å². The number of carbonyl (C=O) groups excluding carboxylic acids is 1. The lowest BCUT2D eigenvalue weighted by Crippen LogP contribution is -2.35. The van der Waals surface area contributed by atoms with E-state index in [1.54, 1.807) is 31.3 Å². The maximum absolute atomic E-state index is 13.0. The average molecular weight is 405 g/mol. The van der Waals surface area contributed by atoms with Gasteiger partial charge in [0, 0.05) is 37.8 Å². The first kappa shape index (κ1) is 20.0. The van der Waals surface area contributed by atoms with Crippen molar-refractivity contribution in [3.63, 3.8) is 0 Å². The Balaban J connectivity index is 1.62. The van der Waals surface area contributed by atoms with Crippen molar-refractivity contribution < 1.29 is 9.90 Å². The van der Waals surface area contributed by atoms with Crippen molar-refractivity contribution in [2.75, 3.05) is 18.0 Å². The molecule has 6 nitrogen and oxygen atoms in total. The molecule has 0 radical (unpaired) electrons. The van der Waals surface area contributed by atoms with Gasteiger partial charge in [0.15, 0.2) is 5.75 Å². The highest BCUT2D eigenvalue weighted by molar-refractivity contribution is 6.08. The molecular weight excluding hydrogens is 378 g/mol. The van der Waals surface area contributed by atoms with Crippen LogP contribution >= 0.6 is 0 Å². The normalized spacial score (nSPS) is 16.6. The number of aromatic nitrogens is 1. The van der Waals surface area contributed by atoms with Crippen LogP contribution in [0.25, 0.3) is 10.9 Å². The molecule has 1 aromatic heterocycles. The number of carbonyl (C=O) groups is 1. The van der Waals surface area contributed by atoms with Crippen molar-refractivity contribution in [3.8, 4) is 5.75 Å². The summed E-state index contributed by atoms with van der Waals surface area (Å²) in [7, 11) is 1.59. The van der Waals surface area contributed by atoms with Gasteiger partial charge in [-0.1, -0.05) is 43.3 Å². The van der Waals surface area contributed by atoms with Gasteiger partial charge in [0.05, 0.1) is 11.1 Å². The van der Waals surface area contributed by atoms with Gasteiger partial charge >= 0.3 is 0 Å². The van der Waals surface area contributed by atoms with Crippen LogP contribution in [0.15, 0.2) is 53.3 Å². The zero-order chi connectivity index (χ0) is 21.3. The summed E-state index contributed by atoms with van der Waals surface area (Å²) in [5, 5.41) is 13.9. The number of para-hydroxylation sites is 2. The van der Waals surface area contributed by atoms with E-state index >= 15 is 0 Å². The number of benzene rings is 2. The number of hydrogen-bond donors (Lipinski definition) is 2. The van der Waals surface area contributed by atoms with Crippen LogP contribution < -0.4 is 15.8 Å². The fourth-order valence-electron chi connectivity index (χ4n) is 4.35. The first-order valence-electron chi connectivity index (χ1n) is 10.4. The van der Waals surface area contributed by atoms with Gasteiger partial charge in [0.25, 0.3) is 11.5 Å². The number of nitrogens with one attached hydrogen (secondary N) is 1. The van der Waals surface area contributed by atoms with E-state index in [4.69, 9.17) is 0 Å². The van der Waals surface area contributed by atoms with E-state index in [-0.39, 0.29) is 5.56 Å². The molecular formula is C24H27N3O3. The minimum Gasteiger partial charge on any atom is -0.502 e. The number of amides is 1. The monoisotopic (exact) mass is 405 g/mol. The molecule has 0 saturated carbocycles. The number of nitrogens with zero attached hydrogens (tertiary/aromatic N) is 2. The first-order valence-corrected chi connectivity index (χ1v) is 10.4. The fourth-order valence-corrected chi connectivity index (χ4v) is 4.35. The second kappa shape index (κ2) is 8.22. The summed E-state index contributed by atoms with van der Waals surface area (Å²) in [6.07, 6.45) is 2.40. The molecule has 1 unspecified atom stereocenters. The van der Waals surface area contributed by atoms with Crippen LogP contribution in [0.4, 0.5) is 5.69 Å². The highest BCUT2D eigenvalue weighted by Gasteiger charge is 2.22. The fraction of sp³-hybridized carbons (Fsp3) is 0.333. The Labute approximate surface area is 175 Å². The third-order valence-corrected chi connectivity index (χ3v) is 5.93. The topological polar surface area (TPSA) is 74.6 Å². The molecule has 1 aliphatic heterocycles. The van der Waals surface area contributed by atoms with E-state index in [1.165, 1.54) is 11.0 Å². The van der Waals surface area contributed by atoms with Crippen LogP contribution in [0.1, 0.15) is 35.7 Å². The molecule has 1 fully saturated rings. The van der Waals surface area contributed by atoms with Crippen LogP contribution in [0, 0.1) is 5.92 Å². The molecule has 1 aliphatic rings. The number of hydrogen-bond acceptors (Lipinski definition) is 4. The maximum atomic E-state index is 13.0. The van der Waals surface area contributed by atoms with Gasteiger partial charge in [-0.25, -0.2) is 0 Å². The lowest BCUT2D eigenvalue weighted by atomic mass is 9.99. The third kappa shape index (κ3) is 3.65. The van der Waals surface area contributed by atoms with Gasteiger partial charge in [-0.15, -0.1) is 0 Å². The van der Waals surface area contributed by atoms with Gasteiger partial charge in [0.1, 0.15) is 0 Å². The van der Waals surface area contributed by atoms with Crippen LogP contribution in [0.2, 0.25) is 0 Å². The summed E-state index contributed by atoms with van der Waals surface area (Å²) in [6, 6.07) is 15.2. The molecule has 3 aromatic rings. The molecule has 1 saturated heterocycles. The third-order valence-electron chi connectivity index (χ3n) is 5.93. The Hall–Kier alpha value is -3.28. The Morgan fingerprint density at radius 3 is 2.70 bits per heavy atom. The summed E-state index contributed by atoms with van der Waals surface area (Å²) in [4.78, 5) is 27.8. The van der Waals surface area contributed by atoms with E-state index in [9.17, 15) is 14.7 Å². The van der Waals surface area contributed by atoms with Crippen LogP contribution in [-0.2, 0) is 13.6 Å². The molecule has 2 aromatic carbocycles. The van der Waals surface area contributed by atoms with Gasteiger partial charge in [-0.3, -0.25) is 9.59 Å².